The lowest BCUT2D eigenvalue weighted by atomic mass is 9.98. The van der Waals surface area contributed by atoms with Crippen LogP contribution >= 0.6 is 0 Å². The van der Waals surface area contributed by atoms with Crippen molar-refractivity contribution in [3.8, 4) is 0 Å². The van der Waals surface area contributed by atoms with Crippen LogP contribution in [0.25, 0.3) is 0 Å². The molecule has 3 amide bonds. The maximum atomic E-state index is 13.1. The number of carbonyl (C=O) groups excluding carboxylic acids is 3. The van der Waals surface area contributed by atoms with Crippen LogP contribution in [0, 0.1) is 0 Å². The van der Waals surface area contributed by atoms with Gasteiger partial charge in [0.2, 0.25) is 11.8 Å². The van der Waals surface area contributed by atoms with Crippen LogP contribution in [0.15, 0.2) is 48.5 Å². The summed E-state index contributed by atoms with van der Waals surface area (Å²) in [6, 6.07) is 15.3. The second-order valence-corrected chi connectivity index (χ2v) is 7.83. The van der Waals surface area contributed by atoms with Crippen LogP contribution in [0.2, 0.25) is 0 Å². The second kappa shape index (κ2) is 8.77. The minimum atomic E-state index is -0.594. The maximum absolute atomic E-state index is 13.1. The van der Waals surface area contributed by atoms with E-state index >= 15 is 0 Å². The molecule has 0 aliphatic carbocycles. The van der Waals surface area contributed by atoms with E-state index in [2.05, 4.69) is 22.8 Å². The number of hydrogen-bond acceptors (Lipinski definition) is 5. The topological polar surface area (TPSA) is 105 Å². The summed E-state index contributed by atoms with van der Waals surface area (Å²) in [5, 5.41) is 5.78. The molecule has 2 atom stereocenters. The van der Waals surface area contributed by atoms with Crippen LogP contribution in [0.5, 0.6) is 0 Å². The quantitative estimate of drug-likeness (QED) is 0.601. The van der Waals surface area contributed by atoms with E-state index in [1.54, 1.807) is 4.90 Å². The fraction of sp³-hybridized carbons (Fsp3) is 0.348. The van der Waals surface area contributed by atoms with Gasteiger partial charge in [0.05, 0.1) is 0 Å². The molecule has 2 heterocycles. The van der Waals surface area contributed by atoms with Gasteiger partial charge in [0, 0.05) is 44.1 Å². The van der Waals surface area contributed by atoms with Gasteiger partial charge in [0.15, 0.2) is 0 Å². The lowest BCUT2D eigenvalue weighted by Crippen LogP contribution is -2.52. The Labute approximate surface area is 175 Å². The number of amides is 3. The molecule has 2 unspecified atom stereocenters. The standard InChI is InChI=1S/C23H26N4O3/c24-11-18(15-5-2-1-3-6-15)13-25-12-16-7-4-8-17-14-27(23(30)21(16)17)19-9-10-20(28)26-22(19)29/h1-8,18-19,25H,9-14,24H2,(H,26,28,29). The van der Waals surface area contributed by atoms with Gasteiger partial charge in [0.25, 0.3) is 5.91 Å². The molecule has 2 aliphatic heterocycles. The third kappa shape index (κ3) is 3.99. The van der Waals surface area contributed by atoms with Crippen molar-refractivity contribution in [2.24, 2.45) is 5.73 Å². The molecular weight excluding hydrogens is 380 g/mol. The molecule has 1 saturated heterocycles. The van der Waals surface area contributed by atoms with Crippen molar-refractivity contribution in [2.45, 2.75) is 37.9 Å². The van der Waals surface area contributed by atoms with Gasteiger partial charge in [-0.2, -0.15) is 0 Å². The fourth-order valence-corrected chi connectivity index (χ4v) is 4.28. The first-order valence-corrected chi connectivity index (χ1v) is 10.3. The predicted molar refractivity (Wildman–Crippen MR) is 112 cm³/mol. The van der Waals surface area contributed by atoms with Crippen molar-refractivity contribution in [3.05, 3.63) is 70.8 Å². The highest BCUT2D eigenvalue weighted by atomic mass is 16.2. The third-order valence-corrected chi connectivity index (χ3v) is 5.90. The number of nitrogens with zero attached hydrogens (tertiary/aromatic N) is 1. The minimum absolute atomic E-state index is 0.143. The molecule has 7 heteroatoms. The summed E-state index contributed by atoms with van der Waals surface area (Å²) < 4.78 is 0. The van der Waals surface area contributed by atoms with E-state index in [9.17, 15) is 14.4 Å². The van der Waals surface area contributed by atoms with Crippen LogP contribution < -0.4 is 16.4 Å². The third-order valence-electron chi connectivity index (χ3n) is 5.90. The van der Waals surface area contributed by atoms with Gasteiger partial charge < -0.3 is 16.0 Å². The van der Waals surface area contributed by atoms with E-state index < -0.39 is 6.04 Å². The molecule has 0 radical (unpaired) electrons. The van der Waals surface area contributed by atoms with Crippen LogP contribution in [-0.2, 0) is 22.7 Å². The number of hydrogen-bond donors (Lipinski definition) is 3. The van der Waals surface area contributed by atoms with E-state index in [1.807, 2.05) is 36.4 Å². The predicted octanol–water partition coefficient (Wildman–Crippen LogP) is 1.28. The smallest absolute Gasteiger partial charge is 0.255 e. The molecule has 0 aromatic heterocycles. The lowest BCUT2D eigenvalue weighted by molar-refractivity contribution is -0.136. The second-order valence-electron chi connectivity index (χ2n) is 7.83. The number of carbonyl (C=O) groups is 3. The summed E-state index contributed by atoms with van der Waals surface area (Å²) in [5.74, 6) is -0.618. The molecular formula is C23H26N4O3. The zero-order valence-corrected chi connectivity index (χ0v) is 16.8. The van der Waals surface area contributed by atoms with E-state index in [-0.39, 0.29) is 30.1 Å². The Balaban J connectivity index is 1.44. The largest absolute Gasteiger partial charge is 0.330 e. The summed E-state index contributed by atoms with van der Waals surface area (Å²) in [4.78, 5) is 38.4. The highest BCUT2D eigenvalue weighted by Gasteiger charge is 2.39. The van der Waals surface area contributed by atoms with Crippen molar-refractivity contribution in [1.29, 1.82) is 0 Å². The molecule has 4 N–H and O–H groups in total. The molecule has 2 aliphatic rings. The molecule has 7 nitrogen and oxygen atoms in total. The zero-order valence-electron chi connectivity index (χ0n) is 16.8. The van der Waals surface area contributed by atoms with Gasteiger partial charge in [0.1, 0.15) is 6.04 Å². The van der Waals surface area contributed by atoms with Crippen molar-refractivity contribution >= 4 is 17.7 Å². The van der Waals surface area contributed by atoms with Crippen molar-refractivity contribution in [1.82, 2.24) is 15.5 Å². The summed E-state index contributed by atoms with van der Waals surface area (Å²) in [5.41, 5.74) is 9.64. The average molecular weight is 406 g/mol. The molecule has 4 rings (SSSR count). The molecule has 30 heavy (non-hydrogen) atoms. The highest BCUT2D eigenvalue weighted by Crippen LogP contribution is 2.29. The van der Waals surface area contributed by atoms with Crippen LogP contribution in [0.3, 0.4) is 0 Å². The fourth-order valence-electron chi connectivity index (χ4n) is 4.28. The number of imide groups is 1. The van der Waals surface area contributed by atoms with Crippen molar-refractivity contribution in [3.63, 3.8) is 0 Å². The summed E-state index contributed by atoms with van der Waals surface area (Å²) in [6.45, 7) is 2.17. The normalized spacial score (nSPS) is 19.6. The Morgan fingerprint density at radius 2 is 1.90 bits per heavy atom. The van der Waals surface area contributed by atoms with Crippen LogP contribution in [-0.4, -0.2) is 41.8 Å². The number of nitrogens with two attached hydrogens (primary N) is 1. The number of benzene rings is 2. The van der Waals surface area contributed by atoms with Crippen LogP contribution in [0.4, 0.5) is 0 Å². The summed E-state index contributed by atoms with van der Waals surface area (Å²) in [6.07, 6.45) is 0.623. The molecule has 0 spiro atoms. The molecule has 156 valence electrons. The first-order valence-electron chi connectivity index (χ1n) is 10.3. The number of fused-ring (bicyclic) bond motifs is 1. The summed E-state index contributed by atoms with van der Waals surface area (Å²) in [7, 11) is 0. The first-order chi connectivity index (χ1) is 14.6. The molecule has 1 fully saturated rings. The minimum Gasteiger partial charge on any atom is -0.330 e. The van der Waals surface area contributed by atoms with Gasteiger partial charge in [-0.15, -0.1) is 0 Å². The van der Waals surface area contributed by atoms with E-state index in [0.717, 1.165) is 11.1 Å². The van der Waals surface area contributed by atoms with E-state index in [1.165, 1.54) is 5.56 Å². The zero-order chi connectivity index (χ0) is 21.1. The Morgan fingerprint density at radius 3 is 2.63 bits per heavy atom. The van der Waals surface area contributed by atoms with Gasteiger partial charge in [-0.25, -0.2) is 0 Å². The van der Waals surface area contributed by atoms with E-state index in [4.69, 9.17) is 5.73 Å². The van der Waals surface area contributed by atoms with E-state index in [0.29, 0.717) is 38.2 Å². The van der Waals surface area contributed by atoms with Crippen molar-refractivity contribution < 1.29 is 14.4 Å². The highest BCUT2D eigenvalue weighted by molar-refractivity contribution is 6.05. The number of rotatable bonds is 7. The Bertz CT molecular complexity index is 960. The van der Waals surface area contributed by atoms with Crippen molar-refractivity contribution in [2.75, 3.05) is 13.1 Å². The number of nitrogens with one attached hydrogen (secondary N) is 2. The molecule has 2 aromatic rings. The summed E-state index contributed by atoms with van der Waals surface area (Å²) >= 11 is 0. The Kier molecular flexibility index (Phi) is 5.92. The molecule has 2 aromatic carbocycles. The Morgan fingerprint density at radius 1 is 1.10 bits per heavy atom. The first kappa shape index (κ1) is 20.3. The van der Waals surface area contributed by atoms with Gasteiger partial charge in [-0.3, -0.25) is 19.7 Å². The van der Waals surface area contributed by atoms with Gasteiger partial charge >= 0.3 is 0 Å². The Hall–Kier alpha value is -3.03. The maximum Gasteiger partial charge on any atom is 0.255 e. The lowest BCUT2D eigenvalue weighted by Gasteiger charge is -2.29. The van der Waals surface area contributed by atoms with Crippen LogP contribution in [0.1, 0.15) is 45.8 Å². The van der Waals surface area contributed by atoms with Gasteiger partial charge in [-0.05, 0) is 23.1 Å². The molecule has 0 saturated carbocycles. The average Bonchev–Trinajstić information content (AvgIpc) is 3.09. The SMILES string of the molecule is NCC(CNCc1cccc2c1C(=O)N(C1CCC(=O)NC1=O)C2)c1ccccc1. The monoisotopic (exact) mass is 406 g/mol. The van der Waals surface area contributed by atoms with Gasteiger partial charge in [-0.1, -0.05) is 48.5 Å². The molecule has 0 bridgehead atoms. The number of piperidine rings is 1.